The maximum Gasteiger partial charge on any atom is 0.231 e. The Morgan fingerprint density at radius 1 is 0.889 bits per heavy atom. The Hall–Kier alpha value is -0.746. The SMILES string of the molecule is C[Si](C)(C)C(c1ccc2c(c1)OCO2)[Si](C)(C)C. The van der Waals surface area contributed by atoms with E-state index in [0.717, 1.165) is 16.7 Å². The molecule has 1 aromatic carbocycles. The Kier molecular flexibility index (Phi) is 3.36. The Morgan fingerprint density at radius 2 is 1.44 bits per heavy atom. The van der Waals surface area contributed by atoms with E-state index in [0.29, 0.717) is 6.79 Å². The topological polar surface area (TPSA) is 18.5 Å². The minimum atomic E-state index is -1.23. The molecule has 0 atom stereocenters. The van der Waals surface area contributed by atoms with Crippen LogP contribution < -0.4 is 9.47 Å². The van der Waals surface area contributed by atoms with E-state index in [1.165, 1.54) is 5.56 Å². The Balaban J connectivity index is 2.44. The first-order chi connectivity index (χ1) is 8.19. The molecule has 0 N–H and O–H groups in total. The molecule has 0 aliphatic carbocycles. The van der Waals surface area contributed by atoms with Crippen LogP contribution in [-0.4, -0.2) is 22.9 Å². The van der Waals surface area contributed by atoms with Crippen molar-refractivity contribution in [2.24, 2.45) is 0 Å². The van der Waals surface area contributed by atoms with Crippen molar-refractivity contribution >= 4 is 16.1 Å². The third-order valence-electron chi connectivity index (χ3n) is 3.46. The number of fused-ring (bicyclic) bond motifs is 1. The zero-order valence-corrected chi connectivity index (χ0v) is 14.3. The molecule has 0 unspecified atom stereocenters. The van der Waals surface area contributed by atoms with Gasteiger partial charge in [0.25, 0.3) is 0 Å². The fraction of sp³-hybridized carbons (Fsp3) is 0.571. The van der Waals surface area contributed by atoms with E-state index in [4.69, 9.17) is 9.47 Å². The van der Waals surface area contributed by atoms with Gasteiger partial charge in [-0.2, -0.15) is 0 Å². The van der Waals surface area contributed by atoms with Gasteiger partial charge in [0.2, 0.25) is 6.79 Å². The van der Waals surface area contributed by atoms with Gasteiger partial charge in [0.15, 0.2) is 11.5 Å². The van der Waals surface area contributed by atoms with Gasteiger partial charge >= 0.3 is 0 Å². The van der Waals surface area contributed by atoms with Crippen LogP contribution in [0.15, 0.2) is 18.2 Å². The number of rotatable bonds is 3. The van der Waals surface area contributed by atoms with E-state index in [1.807, 2.05) is 0 Å². The Bertz CT molecular complexity index is 430. The van der Waals surface area contributed by atoms with Gasteiger partial charge < -0.3 is 9.47 Å². The summed E-state index contributed by atoms with van der Waals surface area (Å²) in [7, 11) is -2.46. The fourth-order valence-corrected chi connectivity index (χ4v) is 16.1. The predicted molar refractivity (Wildman–Crippen MR) is 82.0 cm³/mol. The van der Waals surface area contributed by atoms with Crippen LogP contribution in [0.3, 0.4) is 0 Å². The van der Waals surface area contributed by atoms with Crippen molar-refractivity contribution in [1.82, 2.24) is 0 Å². The van der Waals surface area contributed by atoms with Gasteiger partial charge in [0.1, 0.15) is 0 Å². The van der Waals surface area contributed by atoms with Crippen molar-refractivity contribution < 1.29 is 9.47 Å². The van der Waals surface area contributed by atoms with Crippen molar-refractivity contribution in [3.8, 4) is 11.5 Å². The van der Waals surface area contributed by atoms with Gasteiger partial charge in [-0.05, 0) is 22.9 Å². The first-order valence-electron chi connectivity index (χ1n) is 6.59. The minimum absolute atomic E-state index is 0.364. The zero-order chi connectivity index (χ0) is 13.6. The lowest BCUT2D eigenvalue weighted by atomic mass is 10.2. The molecule has 1 heterocycles. The lowest BCUT2D eigenvalue weighted by Gasteiger charge is -2.38. The Morgan fingerprint density at radius 3 is 2.00 bits per heavy atom. The van der Waals surface area contributed by atoms with Gasteiger partial charge in [-0.15, -0.1) is 0 Å². The van der Waals surface area contributed by atoms with E-state index in [9.17, 15) is 0 Å². The summed E-state index contributed by atoms with van der Waals surface area (Å²) in [6.07, 6.45) is 0. The van der Waals surface area contributed by atoms with Gasteiger partial charge in [0, 0.05) is 16.1 Å². The molecule has 0 saturated carbocycles. The highest BCUT2D eigenvalue weighted by Gasteiger charge is 2.39. The fourth-order valence-electron chi connectivity index (χ4n) is 3.39. The van der Waals surface area contributed by atoms with E-state index in [-0.39, 0.29) is 0 Å². The first kappa shape index (κ1) is 13.7. The molecule has 1 aromatic rings. The predicted octanol–water partition coefficient (Wildman–Crippen LogP) is 4.25. The van der Waals surface area contributed by atoms with Crippen LogP contribution in [0, 0.1) is 0 Å². The largest absolute Gasteiger partial charge is 0.454 e. The van der Waals surface area contributed by atoms with Gasteiger partial charge in [-0.1, -0.05) is 45.3 Å². The molecule has 0 fully saturated rings. The standard InChI is InChI=1S/C14H24O2Si2/c1-17(2,3)14(18(4,5)6)11-7-8-12-13(9-11)16-10-15-12/h7-9,14H,10H2,1-6H3. The van der Waals surface area contributed by atoms with Crippen LogP contribution in [0.5, 0.6) is 11.5 Å². The van der Waals surface area contributed by atoms with E-state index in [1.54, 1.807) is 0 Å². The zero-order valence-electron chi connectivity index (χ0n) is 12.3. The molecule has 0 radical (unpaired) electrons. The first-order valence-corrected chi connectivity index (χ1v) is 13.7. The van der Waals surface area contributed by atoms with Gasteiger partial charge in [-0.3, -0.25) is 0 Å². The molecule has 18 heavy (non-hydrogen) atoms. The second kappa shape index (κ2) is 4.42. The number of ether oxygens (including phenoxy) is 2. The molecule has 1 aliphatic heterocycles. The average molecular weight is 281 g/mol. The molecule has 4 heteroatoms. The number of benzene rings is 1. The van der Waals surface area contributed by atoms with Crippen LogP contribution in [-0.2, 0) is 0 Å². The smallest absolute Gasteiger partial charge is 0.231 e. The quantitative estimate of drug-likeness (QED) is 0.771. The normalized spacial score (nSPS) is 15.3. The molecule has 0 amide bonds. The molecular formula is C14H24O2Si2. The minimum Gasteiger partial charge on any atom is -0.454 e. The summed E-state index contributed by atoms with van der Waals surface area (Å²) in [6, 6.07) is 6.53. The molecule has 2 nitrogen and oxygen atoms in total. The maximum atomic E-state index is 5.52. The molecule has 0 bridgehead atoms. The third-order valence-corrected chi connectivity index (χ3v) is 12.8. The summed E-state index contributed by atoms with van der Waals surface area (Å²) < 4.78 is 10.9. The molecule has 0 aromatic heterocycles. The summed E-state index contributed by atoms with van der Waals surface area (Å²) in [5.74, 6) is 1.82. The summed E-state index contributed by atoms with van der Waals surface area (Å²) in [5, 5.41) is 0.750. The van der Waals surface area contributed by atoms with Crippen molar-refractivity contribution in [1.29, 1.82) is 0 Å². The van der Waals surface area contributed by atoms with Gasteiger partial charge in [0.05, 0.1) is 0 Å². The van der Waals surface area contributed by atoms with Crippen molar-refractivity contribution in [2.45, 2.75) is 44.4 Å². The highest BCUT2D eigenvalue weighted by molar-refractivity contribution is 6.96. The van der Waals surface area contributed by atoms with Crippen molar-refractivity contribution in [2.75, 3.05) is 6.79 Å². The number of hydrogen-bond acceptors (Lipinski definition) is 2. The molecule has 100 valence electrons. The molecule has 1 aliphatic rings. The number of hydrogen-bond donors (Lipinski definition) is 0. The summed E-state index contributed by atoms with van der Waals surface area (Å²) in [4.78, 5) is 0. The molecule has 0 spiro atoms. The summed E-state index contributed by atoms with van der Waals surface area (Å²) >= 11 is 0. The van der Waals surface area contributed by atoms with E-state index >= 15 is 0 Å². The third kappa shape index (κ3) is 2.64. The lowest BCUT2D eigenvalue weighted by Crippen LogP contribution is -2.46. The second-order valence-electron chi connectivity index (χ2n) is 7.28. The van der Waals surface area contributed by atoms with Crippen molar-refractivity contribution in [3.05, 3.63) is 23.8 Å². The van der Waals surface area contributed by atoms with Crippen LogP contribution >= 0.6 is 0 Å². The second-order valence-corrected chi connectivity index (χ2v) is 18.5. The monoisotopic (exact) mass is 280 g/mol. The Labute approximate surface area is 112 Å². The molecule has 2 rings (SSSR count). The summed E-state index contributed by atoms with van der Waals surface area (Å²) in [6.45, 7) is 15.2. The highest BCUT2D eigenvalue weighted by Crippen LogP contribution is 2.40. The van der Waals surface area contributed by atoms with E-state index < -0.39 is 16.1 Å². The highest BCUT2D eigenvalue weighted by atomic mass is 28.4. The van der Waals surface area contributed by atoms with Crippen LogP contribution in [0.1, 0.15) is 10.7 Å². The van der Waals surface area contributed by atoms with Crippen LogP contribution in [0.4, 0.5) is 0 Å². The lowest BCUT2D eigenvalue weighted by molar-refractivity contribution is 0.174. The van der Waals surface area contributed by atoms with Crippen LogP contribution in [0.25, 0.3) is 0 Å². The van der Waals surface area contributed by atoms with Crippen molar-refractivity contribution in [3.63, 3.8) is 0 Å². The van der Waals surface area contributed by atoms with Crippen LogP contribution in [0.2, 0.25) is 39.3 Å². The molecule has 0 saturated heterocycles. The van der Waals surface area contributed by atoms with E-state index in [2.05, 4.69) is 57.5 Å². The maximum absolute atomic E-state index is 5.52. The average Bonchev–Trinajstić information content (AvgIpc) is 2.59. The molecular weight excluding hydrogens is 256 g/mol. The summed E-state index contributed by atoms with van der Waals surface area (Å²) in [5.41, 5.74) is 1.46. The van der Waals surface area contributed by atoms with Gasteiger partial charge in [-0.25, -0.2) is 0 Å².